The standard InChI is InChI=1S/C14H24N4O/c1-2-3-5-9-14(19)15-11-13-17-16-12-8-6-4-7-10-18(12)13/h2-11H2,1H3,(H,15,19). The van der Waals surface area contributed by atoms with Crippen molar-refractivity contribution in [1.29, 1.82) is 0 Å². The molecule has 0 aromatic carbocycles. The van der Waals surface area contributed by atoms with E-state index in [0.717, 1.165) is 43.9 Å². The number of fused-ring (bicyclic) bond motifs is 1. The number of carbonyl (C=O) groups excluding carboxylic acids is 1. The van der Waals surface area contributed by atoms with Gasteiger partial charge in [0.1, 0.15) is 5.82 Å². The third kappa shape index (κ3) is 4.04. The third-order valence-electron chi connectivity index (χ3n) is 3.64. The smallest absolute Gasteiger partial charge is 0.220 e. The highest BCUT2D eigenvalue weighted by Gasteiger charge is 2.14. The van der Waals surface area contributed by atoms with Gasteiger partial charge >= 0.3 is 0 Å². The lowest BCUT2D eigenvalue weighted by atomic mass is 10.2. The van der Waals surface area contributed by atoms with Crippen molar-refractivity contribution in [2.24, 2.45) is 0 Å². The monoisotopic (exact) mass is 264 g/mol. The fraction of sp³-hybridized carbons (Fsp3) is 0.786. The minimum atomic E-state index is 0.124. The number of rotatable bonds is 6. The maximum atomic E-state index is 11.7. The number of amides is 1. The van der Waals surface area contributed by atoms with Crippen LogP contribution in [-0.4, -0.2) is 20.7 Å². The van der Waals surface area contributed by atoms with Gasteiger partial charge in [-0.05, 0) is 19.3 Å². The summed E-state index contributed by atoms with van der Waals surface area (Å²) in [6.45, 7) is 3.64. The van der Waals surface area contributed by atoms with Gasteiger partial charge in [0.05, 0.1) is 6.54 Å². The average molecular weight is 264 g/mol. The Morgan fingerprint density at radius 2 is 2.16 bits per heavy atom. The molecule has 0 radical (unpaired) electrons. The Bertz CT molecular complexity index is 414. The van der Waals surface area contributed by atoms with Crippen LogP contribution < -0.4 is 5.32 Å². The summed E-state index contributed by atoms with van der Waals surface area (Å²) in [5.41, 5.74) is 0. The van der Waals surface area contributed by atoms with Crippen LogP contribution in [0, 0.1) is 0 Å². The quantitative estimate of drug-likeness (QED) is 0.801. The number of nitrogens with zero attached hydrogens (tertiary/aromatic N) is 3. The van der Waals surface area contributed by atoms with Gasteiger partial charge in [0.25, 0.3) is 0 Å². The molecule has 2 heterocycles. The van der Waals surface area contributed by atoms with Crippen LogP contribution in [0.25, 0.3) is 0 Å². The lowest BCUT2D eigenvalue weighted by molar-refractivity contribution is -0.121. The summed E-state index contributed by atoms with van der Waals surface area (Å²) in [5, 5.41) is 11.4. The van der Waals surface area contributed by atoms with Gasteiger partial charge in [-0.1, -0.05) is 26.2 Å². The zero-order chi connectivity index (χ0) is 13.5. The first kappa shape index (κ1) is 14.0. The van der Waals surface area contributed by atoms with Crippen LogP contribution in [-0.2, 0) is 24.3 Å². The van der Waals surface area contributed by atoms with Gasteiger partial charge in [-0.15, -0.1) is 10.2 Å². The van der Waals surface area contributed by atoms with Crippen molar-refractivity contribution in [3.63, 3.8) is 0 Å². The predicted octanol–water partition coefficient (Wildman–Crippen LogP) is 2.20. The van der Waals surface area contributed by atoms with Crippen LogP contribution in [0.1, 0.15) is 63.5 Å². The zero-order valence-corrected chi connectivity index (χ0v) is 11.8. The van der Waals surface area contributed by atoms with Gasteiger partial charge in [0.2, 0.25) is 5.91 Å². The first-order valence-corrected chi connectivity index (χ1v) is 7.49. The predicted molar refractivity (Wildman–Crippen MR) is 73.6 cm³/mol. The Morgan fingerprint density at radius 3 is 3.00 bits per heavy atom. The van der Waals surface area contributed by atoms with Crippen molar-refractivity contribution in [2.45, 2.75) is 71.4 Å². The van der Waals surface area contributed by atoms with Gasteiger partial charge in [0.15, 0.2) is 5.82 Å². The normalized spacial score (nSPS) is 14.8. The second kappa shape index (κ2) is 7.26. The molecule has 1 amide bonds. The molecule has 0 spiro atoms. The molecule has 5 nitrogen and oxygen atoms in total. The molecular formula is C14H24N4O. The SMILES string of the molecule is CCCCCC(=O)NCc1nnc2n1CCCCC2. The van der Waals surface area contributed by atoms with E-state index in [2.05, 4.69) is 27.0 Å². The van der Waals surface area contributed by atoms with Gasteiger partial charge in [-0.25, -0.2) is 0 Å². The van der Waals surface area contributed by atoms with E-state index >= 15 is 0 Å². The molecule has 0 saturated heterocycles. The Labute approximate surface area is 114 Å². The Kier molecular flexibility index (Phi) is 5.36. The largest absolute Gasteiger partial charge is 0.349 e. The molecule has 1 aliphatic heterocycles. The molecule has 1 aliphatic rings. The first-order valence-electron chi connectivity index (χ1n) is 7.49. The van der Waals surface area contributed by atoms with Crippen LogP contribution in [0.3, 0.4) is 0 Å². The van der Waals surface area contributed by atoms with Gasteiger partial charge in [0, 0.05) is 19.4 Å². The van der Waals surface area contributed by atoms with E-state index < -0.39 is 0 Å². The van der Waals surface area contributed by atoms with Gasteiger partial charge in [-0.3, -0.25) is 4.79 Å². The van der Waals surface area contributed by atoms with Crippen molar-refractivity contribution < 1.29 is 4.79 Å². The zero-order valence-electron chi connectivity index (χ0n) is 11.8. The summed E-state index contributed by atoms with van der Waals surface area (Å²) >= 11 is 0. The molecule has 0 fully saturated rings. The van der Waals surface area contributed by atoms with Crippen molar-refractivity contribution in [2.75, 3.05) is 0 Å². The van der Waals surface area contributed by atoms with E-state index in [-0.39, 0.29) is 5.91 Å². The molecule has 19 heavy (non-hydrogen) atoms. The van der Waals surface area contributed by atoms with Crippen LogP contribution in [0.4, 0.5) is 0 Å². The highest BCUT2D eigenvalue weighted by atomic mass is 16.1. The molecule has 5 heteroatoms. The molecule has 0 unspecified atom stereocenters. The van der Waals surface area contributed by atoms with Crippen molar-refractivity contribution in [3.05, 3.63) is 11.6 Å². The van der Waals surface area contributed by atoms with Gasteiger partial charge < -0.3 is 9.88 Å². The van der Waals surface area contributed by atoms with Crippen LogP contribution in [0.5, 0.6) is 0 Å². The second-order valence-corrected chi connectivity index (χ2v) is 5.23. The molecule has 1 N–H and O–H groups in total. The maximum absolute atomic E-state index is 11.7. The van der Waals surface area contributed by atoms with E-state index in [1.54, 1.807) is 0 Å². The minimum Gasteiger partial charge on any atom is -0.349 e. The summed E-state index contributed by atoms with van der Waals surface area (Å²) in [7, 11) is 0. The van der Waals surface area contributed by atoms with Crippen molar-refractivity contribution >= 4 is 5.91 Å². The minimum absolute atomic E-state index is 0.124. The number of nitrogens with one attached hydrogen (secondary N) is 1. The lowest BCUT2D eigenvalue weighted by Gasteiger charge is -2.08. The second-order valence-electron chi connectivity index (χ2n) is 5.23. The van der Waals surface area contributed by atoms with Crippen molar-refractivity contribution in [3.8, 4) is 0 Å². The van der Waals surface area contributed by atoms with Crippen LogP contribution >= 0.6 is 0 Å². The molecular weight excluding hydrogens is 240 g/mol. The maximum Gasteiger partial charge on any atom is 0.220 e. The van der Waals surface area contributed by atoms with Crippen molar-refractivity contribution in [1.82, 2.24) is 20.1 Å². The average Bonchev–Trinajstić information content (AvgIpc) is 2.64. The van der Waals surface area contributed by atoms with Gasteiger partial charge in [-0.2, -0.15) is 0 Å². The fourth-order valence-electron chi connectivity index (χ4n) is 2.48. The summed E-state index contributed by atoms with van der Waals surface area (Å²) in [6.07, 6.45) is 8.50. The number of unbranched alkanes of at least 4 members (excludes halogenated alkanes) is 2. The van der Waals surface area contributed by atoms with E-state index in [1.807, 2.05) is 0 Å². The van der Waals surface area contributed by atoms with E-state index in [0.29, 0.717) is 13.0 Å². The number of aromatic nitrogens is 3. The summed E-state index contributed by atoms with van der Waals surface area (Å²) in [6, 6.07) is 0. The fourth-order valence-corrected chi connectivity index (χ4v) is 2.48. The van der Waals surface area contributed by atoms with Crippen LogP contribution in [0.15, 0.2) is 0 Å². The topological polar surface area (TPSA) is 59.8 Å². The molecule has 0 bridgehead atoms. The Balaban J connectivity index is 1.83. The number of hydrogen-bond acceptors (Lipinski definition) is 3. The number of hydrogen-bond donors (Lipinski definition) is 1. The molecule has 0 aliphatic carbocycles. The number of aryl methyl sites for hydroxylation is 1. The molecule has 1 aromatic heterocycles. The van der Waals surface area contributed by atoms with E-state index in [4.69, 9.17) is 0 Å². The van der Waals surface area contributed by atoms with Crippen LogP contribution in [0.2, 0.25) is 0 Å². The molecule has 106 valence electrons. The first-order chi connectivity index (χ1) is 9.31. The highest BCUT2D eigenvalue weighted by molar-refractivity contribution is 5.75. The lowest BCUT2D eigenvalue weighted by Crippen LogP contribution is -2.24. The molecule has 0 atom stereocenters. The number of carbonyl (C=O) groups is 1. The molecule has 2 rings (SSSR count). The molecule has 1 aromatic rings. The third-order valence-corrected chi connectivity index (χ3v) is 3.64. The Morgan fingerprint density at radius 1 is 1.26 bits per heavy atom. The van der Waals surface area contributed by atoms with E-state index in [9.17, 15) is 4.79 Å². The van der Waals surface area contributed by atoms with E-state index in [1.165, 1.54) is 19.3 Å². The summed E-state index contributed by atoms with van der Waals surface area (Å²) in [5.74, 6) is 2.10. The highest BCUT2D eigenvalue weighted by Crippen LogP contribution is 2.14. The summed E-state index contributed by atoms with van der Waals surface area (Å²) < 4.78 is 2.18. The Hall–Kier alpha value is -1.39. The summed E-state index contributed by atoms with van der Waals surface area (Å²) in [4.78, 5) is 11.7. The molecule has 0 saturated carbocycles.